The van der Waals surface area contributed by atoms with Crippen molar-refractivity contribution in [1.29, 1.82) is 0 Å². The second-order valence-electron chi connectivity index (χ2n) is 6.75. The molecule has 2 aromatic carbocycles. The molecule has 0 aliphatic carbocycles. The maximum atomic E-state index is 12.5. The molecule has 160 valence electrons. The van der Waals surface area contributed by atoms with Crippen LogP contribution < -0.4 is 10.7 Å². The topological polar surface area (TPSA) is 108 Å². The minimum Gasteiger partial charge on any atom is -0.481 e. The van der Waals surface area contributed by atoms with Crippen molar-refractivity contribution in [2.24, 2.45) is 5.10 Å². The third-order valence-electron chi connectivity index (χ3n) is 4.45. The Kier molecular flexibility index (Phi) is 7.38. The summed E-state index contributed by atoms with van der Waals surface area (Å²) in [6.07, 6.45) is 0.385. The molecule has 0 aliphatic rings. The van der Waals surface area contributed by atoms with Gasteiger partial charge in [0, 0.05) is 28.6 Å². The van der Waals surface area contributed by atoms with Gasteiger partial charge in [0.15, 0.2) is 0 Å². The Morgan fingerprint density at radius 3 is 2.45 bits per heavy atom. The van der Waals surface area contributed by atoms with Gasteiger partial charge in [-0.15, -0.1) is 11.3 Å². The number of thiophene rings is 1. The van der Waals surface area contributed by atoms with Crippen molar-refractivity contribution in [3.63, 3.8) is 0 Å². The van der Waals surface area contributed by atoms with Crippen molar-refractivity contribution in [1.82, 2.24) is 5.43 Å². The van der Waals surface area contributed by atoms with E-state index in [0.29, 0.717) is 21.3 Å². The van der Waals surface area contributed by atoms with Crippen LogP contribution in [-0.2, 0) is 9.59 Å². The predicted molar refractivity (Wildman–Crippen MR) is 123 cm³/mol. The summed E-state index contributed by atoms with van der Waals surface area (Å²) in [7, 11) is 0. The molecular weight excluding hydrogens is 438 g/mol. The zero-order chi connectivity index (χ0) is 22.4. The van der Waals surface area contributed by atoms with E-state index in [-0.39, 0.29) is 31.1 Å². The van der Waals surface area contributed by atoms with Crippen LogP contribution in [0.3, 0.4) is 0 Å². The Bertz CT molecular complexity index is 1160. The van der Waals surface area contributed by atoms with Crippen LogP contribution in [0, 0.1) is 0 Å². The highest BCUT2D eigenvalue weighted by atomic mass is 35.5. The second kappa shape index (κ2) is 10.2. The molecule has 31 heavy (non-hydrogen) atoms. The number of rotatable bonds is 8. The van der Waals surface area contributed by atoms with Crippen LogP contribution in [0.25, 0.3) is 10.1 Å². The number of aliphatic carboxylic acids is 1. The largest absolute Gasteiger partial charge is 0.481 e. The number of hydrogen-bond acceptors (Lipinski definition) is 5. The van der Waals surface area contributed by atoms with E-state index in [1.54, 1.807) is 31.2 Å². The Hall–Kier alpha value is -3.23. The van der Waals surface area contributed by atoms with Gasteiger partial charge in [-0.1, -0.05) is 41.9 Å². The highest BCUT2D eigenvalue weighted by Gasteiger charge is 2.16. The number of fused-ring (bicyclic) bond motifs is 1. The summed E-state index contributed by atoms with van der Waals surface area (Å²) in [5.74, 6) is -1.55. The first kappa shape index (κ1) is 22.5. The Balaban J connectivity index is 1.59. The van der Waals surface area contributed by atoms with Gasteiger partial charge in [-0.25, -0.2) is 5.43 Å². The summed E-state index contributed by atoms with van der Waals surface area (Å²) in [5.41, 5.74) is 4.49. The third-order valence-corrected chi connectivity index (χ3v) is 6.12. The smallest absolute Gasteiger partial charge is 0.303 e. The van der Waals surface area contributed by atoms with Crippen molar-refractivity contribution in [2.75, 3.05) is 5.32 Å². The number of benzene rings is 2. The summed E-state index contributed by atoms with van der Waals surface area (Å²) < 4.78 is 0.930. The number of hydrazone groups is 1. The first-order valence-electron chi connectivity index (χ1n) is 9.49. The number of carboxylic acids is 1. The molecule has 0 saturated carbocycles. The number of carbonyl (C=O) groups excluding carboxylic acids is 2. The number of hydrogen-bond donors (Lipinski definition) is 3. The van der Waals surface area contributed by atoms with Crippen LogP contribution in [-0.4, -0.2) is 28.6 Å². The molecule has 0 radical (unpaired) electrons. The van der Waals surface area contributed by atoms with E-state index in [0.717, 1.165) is 15.6 Å². The molecular formula is C22H20ClN3O4S. The van der Waals surface area contributed by atoms with E-state index in [9.17, 15) is 14.4 Å². The first-order chi connectivity index (χ1) is 14.8. The standard InChI is InChI=1S/C22H20ClN3O4S/c1-13(14-9-11-15(12-10-14)24-18(27)7-4-8-19(28)29)25-26-22(30)21-20(23)16-5-2-3-6-17(16)31-21/h2-3,5-6,9-12H,4,7-8H2,1H3,(H,24,27)(H,26,30)(H,28,29). The van der Waals surface area contributed by atoms with Gasteiger partial charge in [-0.2, -0.15) is 5.10 Å². The van der Waals surface area contributed by atoms with E-state index in [2.05, 4.69) is 15.8 Å². The normalized spacial score (nSPS) is 11.4. The molecule has 3 aromatic rings. The van der Waals surface area contributed by atoms with Gasteiger partial charge in [-0.3, -0.25) is 14.4 Å². The molecule has 1 heterocycles. The first-order valence-corrected chi connectivity index (χ1v) is 10.7. The molecule has 0 aliphatic heterocycles. The molecule has 0 bridgehead atoms. The lowest BCUT2D eigenvalue weighted by molar-refractivity contribution is -0.137. The van der Waals surface area contributed by atoms with Gasteiger partial charge in [0.1, 0.15) is 4.88 Å². The molecule has 3 N–H and O–H groups in total. The van der Waals surface area contributed by atoms with Crippen LogP contribution >= 0.6 is 22.9 Å². The van der Waals surface area contributed by atoms with E-state index >= 15 is 0 Å². The average molecular weight is 458 g/mol. The van der Waals surface area contributed by atoms with E-state index in [4.69, 9.17) is 16.7 Å². The van der Waals surface area contributed by atoms with Gasteiger partial charge in [0.05, 0.1) is 10.7 Å². The van der Waals surface area contributed by atoms with Crippen LogP contribution in [0.4, 0.5) is 5.69 Å². The number of nitrogens with zero attached hydrogens (tertiary/aromatic N) is 1. The minimum atomic E-state index is -0.923. The molecule has 0 spiro atoms. The fourth-order valence-electron chi connectivity index (χ4n) is 2.83. The number of halogens is 1. The monoisotopic (exact) mass is 457 g/mol. The highest BCUT2D eigenvalue weighted by molar-refractivity contribution is 7.21. The molecule has 2 amide bonds. The minimum absolute atomic E-state index is 0.0412. The van der Waals surface area contributed by atoms with Gasteiger partial charge in [-0.05, 0) is 37.1 Å². The Labute approximate surface area is 187 Å². The van der Waals surface area contributed by atoms with Crippen molar-refractivity contribution >= 4 is 62.2 Å². The zero-order valence-corrected chi connectivity index (χ0v) is 18.2. The number of carboxylic acid groups (broad SMARTS) is 1. The van der Waals surface area contributed by atoms with E-state index < -0.39 is 5.97 Å². The summed E-state index contributed by atoms with van der Waals surface area (Å²) >= 11 is 7.64. The van der Waals surface area contributed by atoms with Gasteiger partial charge in [0.25, 0.3) is 5.91 Å². The van der Waals surface area contributed by atoms with Gasteiger partial charge < -0.3 is 10.4 Å². The third kappa shape index (κ3) is 5.90. The Morgan fingerprint density at radius 1 is 1.06 bits per heavy atom. The molecule has 3 rings (SSSR count). The summed E-state index contributed by atoms with van der Waals surface area (Å²) in [6, 6.07) is 14.5. The van der Waals surface area contributed by atoms with E-state index in [1.165, 1.54) is 11.3 Å². The van der Waals surface area contributed by atoms with Crippen molar-refractivity contribution < 1.29 is 19.5 Å². The number of carbonyl (C=O) groups is 3. The molecule has 9 heteroatoms. The molecule has 0 saturated heterocycles. The maximum Gasteiger partial charge on any atom is 0.303 e. The van der Waals surface area contributed by atoms with Crippen molar-refractivity contribution in [2.45, 2.75) is 26.2 Å². The fraction of sp³-hybridized carbons (Fsp3) is 0.182. The number of nitrogens with one attached hydrogen (secondary N) is 2. The van der Waals surface area contributed by atoms with Crippen LogP contribution in [0.5, 0.6) is 0 Å². The van der Waals surface area contributed by atoms with Crippen LogP contribution in [0.2, 0.25) is 5.02 Å². The molecule has 1 aromatic heterocycles. The quantitative estimate of drug-likeness (QED) is 0.330. The summed E-state index contributed by atoms with van der Waals surface area (Å²) in [4.78, 5) is 35.2. The fourth-order valence-corrected chi connectivity index (χ4v) is 4.24. The lowest BCUT2D eigenvalue weighted by Crippen LogP contribution is -2.18. The average Bonchev–Trinajstić information content (AvgIpc) is 3.09. The zero-order valence-electron chi connectivity index (χ0n) is 16.6. The lowest BCUT2D eigenvalue weighted by atomic mass is 10.1. The van der Waals surface area contributed by atoms with Crippen LogP contribution in [0.15, 0.2) is 53.6 Å². The molecule has 0 fully saturated rings. The molecule has 7 nitrogen and oxygen atoms in total. The second-order valence-corrected chi connectivity index (χ2v) is 8.18. The predicted octanol–water partition coefficient (Wildman–Crippen LogP) is 4.90. The highest BCUT2D eigenvalue weighted by Crippen LogP contribution is 2.34. The van der Waals surface area contributed by atoms with Crippen molar-refractivity contribution in [3.8, 4) is 0 Å². The maximum absolute atomic E-state index is 12.5. The van der Waals surface area contributed by atoms with E-state index in [1.807, 2.05) is 24.3 Å². The summed E-state index contributed by atoms with van der Waals surface area (Å²) in [5, 5.41) is 16.7. The van der Waals surface area contributed by atoms with Crippen molar-refractivity contribution in [3.05, 3.63) is 64.0 Å². The number of anilines is 1. The molecule has 0 unspecified atom stereocenters. The SMILES string of the molecule is CC(=NNC(=O)c1sc2ccccc2c1Cl)c1ccc(NC(=O)CCCC(=O)O)cc1. The van der Waals surface area contributed by atoms with Gasteiger partial charge >= 0.3 is 5.97 Å². The van der Waals surface area contributed by atoms with Gasteiger partial charge in [0.2, 0.25) is 5.91 Å². The summed E-state index contributed by atoms with van der Waals surface area (Å²) in [6.45, 7) is 1.76. The lowest BCUT2D eigenvalue weighted by Gasteiger charge is -2.07. The Morgan fingerprint density at radius 2 is 1.77 bits per heavy atom. The molecule has 0 atom stereocenters. The number of amides is 2. The van der Waals surface area contributed by atoms with Crippen LogP contribution in [0.1, 0.15) is 41.4 Å².